The minimum Gasteiger partial charge on any atom is -0.509 e. The molecule has 5 nitrogen and oxygen atoms in total. The number of hydrogen-bond acceptors (Lipinski definition) is 4. The fourth-order valence-electron chi connectivity index (χ4n) is 5.36. The van der Waals surface area contributed by atoms with Crippen LogP contribution in [0.4, 0.5) is 11.4 Å². The van der Waals surface area contributed by atoms with Gasteiger partial charge in [0.25, 0.3) is 0 Å². The van der Waals surface area contributed by atoms with Gasteiger partial charge in [0.15, 0.2) is 0 Å². The van der Waals surface area contributed by atoms with Gasteiger partial charge in [0.1, 0.15) is 5.82 Å². The standard InChI is InChI=1S/C37H31N4O.Pt/c1-26-18-19-38-36(22-26)41-34-11-6-5-10-32(34)33-17-16-31(24-35(33)41)42-30-9-7-8-29(23-30)40-21-20-39(25-40)28-14-12-27(13-15-28)37(2,3)4;/h5-22,25H,1-4H3;/q-3;. The molecule has 0 amide bonds. The minimum atomic E-state index is 0. The van der Waals surface area contributed by atoms with Gasteiger partial charge in [0.05, 0.1) is 0 Å². The van der Waals surface area contributed by atoms with Gasteiger partial charge >= 0.3 is 0 Å². The Morgan fingerprint density at radius 2 is 1.53 bits per heavy atom. The van der Waals surface area contributed by atoms with Crippen LogP contribution in [0.1, 0.15) is 31.9 Å². The third-order valence-corrected chi connectivity index (χ3v) is 7.61. The van der Waals surface area contributed by atoms with E-state index >= 15 is 0 Å². The van der Waals surface area contributed by atoms with E-state index in [-0.39, 0.29) is 26.5 Å². The molecule has 2 aromatic heterocycles. The summed E-state index contributed by atoms with van der Waals surface area (Å²) in [6.45, 7) is 10.8. The number of pyridine rings is 1. The maximum atomic E-state index is 6.33. The summed E-state index contributed by atoms with van der Waals surface area (Å²) < 4.78 is 8.48. The molecule has 6 heteroatoms. The van der Waals surface area contributed by atoms with E-state index < -0.39 is 0 Å². The monoisotopic (exact) mass is 742 g/mol. The molecule has 0 saturated heterocycles. The number of rotatable bonds is 5. The summed E-state index contributed by atoms with van der Waals surface area (Å²) in [6, 6.07) is 38.1. The molecule has 0 N–H and O–H groups in total. The summed E-state index contributed by atoms with van der Waals surface area (Å²) in [5, 5.41) is 2.26. The van der Waals surface area contributed by atoms with Crippen molar-refractivity contribution in [3.63, 3.8) is 0 Å². The van der Waals surface area contributed by atoms with E-state index in [2.05, 4.69) is 115 Å². The molecule has 0 radical (unpaired) electrons. The van der Waals surface area contributed by atoms with Crippen molar-refractivity contribution in [1.29, 1.82) is 0 Å². The van der Waals surface area contributed by atoms with E-state index in [0.717, 1.165) is 44.6 Å². The van der Waals surface area contributed by atoms with Crippen LogP contribution in [-0.2, 0) is 26.5 Å². The van der Waals surface area contributed by atoms with Crippen LogP contribution in [0.25, 0.3) is 27.6 Å². The number of para-hydroxylation sites is 1. The molecule has 3 heterocycles. The Hall–Kier alpha value is -4.34. The van der Waals surface area contributed by atoms with E-state index in [0.29, 0.717) is 11.5 Å². The minimum absolute atomic E-state index is 0. The maximum absolute atomic E-state index is 6.33. The van der Waals surface area contributed by atoms with Gasteiger partial charge in [-0.2, -0.15) is 12.1 Å². The molecule has 0 atom stereocenters. The summed E-state index contributed by atoms with van der Waals surface area (Å²) in [4.78, 5) is 8.82. The Bertz CT molecular complexity index is 1950. The third-order valence-electron chi connectivity index (χ3n) is 7.61. The van der Waals surface area contributed by atoms with E-state index in [9.17, 15) is 0 Å². The van der Waals surface area contributed by atoms with E-state index in [1.165, 1.54) is 5.56 Å². The number of aryl methyl sites for hydroxylation is 1. The zero-order valence-electron chi connectivity index (χ0n) is 24.5. The van der Waals surface area contributed by atoms with Crippen molar-refractivity contribution in [3.05, 3.63) is 140 Å². The van der Waals surface area contributed by atoms with Gasteiger partial charge in [0.2, 0.25) is 0 Å². The molecular weight excluding hydrogens is 712 g/mol. The van der Waals surface area contributed by atoms with Gasteiger partial charge in [-0.1, -0.05) is 56.6 Å². The zero-order valence-corrected chi connectivity index (χ0v) is 26.8. The Kier molecular flexibility index (Phi) is 7.62. The van der Waals surface area contributed by atoms with Gasteiger partial charge in [-0.25, -0.2) is 4.98 Å². The smallest absolute Gasteiger partial charge is 0.135 e. The van der Waals surface area contributed by atoms with E-state index in [1.54, 1.807) is 0 Å². The van der Waals surface area contributed by atoms with Crippen molar-refractivity contribution < 1.29 is 25.8 Å². The molecule has 43 heavy (non-hydrogen) atoms. The zero-order chi connectivity index (χ0) is 28.8. The third kappa shape index (κ3) is 5.58. The predicted octanol–water partition coefficient (Wildman–Crippen LogP) is 9.09. The summed E-state index contributed by atoms with van der Waals surface area (Å²) in [5.74, 6) is 2.10. The normalized spacial score (nSPS) is 13.1. The van der Waals surface area contributed by atoms with Crippen LogP contribution in [0.5, 0.6) is 11.5 Å². The van der Waals surface area contributed by atoms with Crippen molar-refractivity contribution in [1.82, 2.24) is 9.55 Å². The molecule has 7 rings (SSSR count). The molecule has 0 fully saturated rings. The Balaban J connectivity index is 0.00000329. The van der Waals surface area contributed by atoms with Crippen LogP contribution in [0, 0.1) is 25.7 Å². The number of nitrogens with zero attached hydrogens (tertiary/aromatic N) is 4. The first-order valence-electron chi connectivity index (χ1n) is 14.1. The molecule has 4 aromatic carbocycles. The SMILES string of the molecule is Cc1ccnc(-n2c3[c-]c(Oc4[c-]c(N5C=CN(c6ccc(C(C)(C)C)cc6)[CH-]5)ccc4)ccc3c3ccccc32)c1.[Pt]. The first-order valence-corrected chi connectivity index (χ1v) is 14.1. The summed E-state index contributed by atoms with van der Waals surface area (Å²) >= 11 is 0. The summed E-state index contributed by atoms with van der Waals surface area (Å²) in [6.07, 6.45) is 5.92. The van der Waals surface area contributed by atoms with Gasteiger partial charge in [-0.05, 0) is 71.6 Å². The molecule has 0 spiro atoms. The Morgan fingerprint density at radius 1 is 0.767 bits per heavy atom. The van der Waals surface area contributed by atoms with Crippen molar-refractivity contribution in [2.24, 2.45) is 0 Å². The summed E-state index contributed by atoms with van der Waals surface area (Å²) in [7, 11) is 0. The van der Waals surface area contributed by atoms with Crippen LogP contribution in [0.15, 0.2) is 110 Å². The molecule has 0 saturated carbocycles. The second-order valence-corrected chi connectivity index (χ2v) is 11.7. The predicted molar refractivity (Wildman–Crippen MR) is 171 cm³/mol. The van der Waals surface area contributed by atoms with Gasteiger partial charge in [-0.15, -0.1) is 48.1 Å². The van der Waals surface area contributed by atoms with E-state index in [1.807, 2.05) is 60.5 Å². The quantitative estimate of drug-likeness (QED) is 0.165. The Labute approximate surface area is 267 Å². The number of benzene rings is 4. The fraction of sp³-hybridized carbons (Fsp3) is 0.135. The molecule has 0 unspecified atom stereocenters. The van der Waals surface area contributed by atoms with Gasteiger partial charge in [0, 0.05) is 50.0 Å². The largest absolute Gasteiger partial charge is 0.509 e. The fourth-order valence-corrected chi connectivity index (χ4v) is 5.36. The van der Waals surface area contributed by atoms with Crippen LogP contribution in [0.2, 0.25) is 0 Å². The van der Waals surface area contributed by atoms with Crippen LogP contribution in [0.3, 0.4) is 0 Å². The molecule has 1 aliphatic heterocycles. The molecule has 6 aromatic rings. The summed E-state index contributed by atoms with van der Waals surface area (Å²) in [5.41, 5.74) is 6.59. The number of ether oxygens (including phenoxy) is 1. The van der Waals surface area contributed by atoms with Crippen molar-refractivity contribution >= 4 is 33.2 Å². The van der Waals surface area contributed by atoms with Crippen molar-refractivity contribution in [2.75, 3.05) is 9.80 Å². The topological polar surface area (TPSA) is 33.5 Å². The number of fused-ring (bicyclic) bond motifs is 3. The van der Waals surface area contributed by atoms with Gasteiger partial charge in [-0.3, -0.25) is 0 Å². The van der Waals surface area contributed by atoms with Gasteiger partial charge < -0.3 is 19.1 Å². The average molecular weight is 743 g/mol. The second kappa shape index (κ2) is 11.4. The maximum Gasteiger partial charge on any atom is 0.135 e. The molecule has 218 valence electrons. The Morgan fingerprint density at radius 3 is 2.33 bits per heavy atom. The number of anilines is 2. The average Bonchev–Trinajstić information content (AvgIpc) is 3.60. The molecule has 1 aliphatic rings. The molecule has 0 bridgehead atoms. The number of aromatic nitrogens is 2. The van der Waals surface area contributed by atoms with Crippen LogP contribution < -0.4 is 14.5 Å². The van der Waals surface area contributed by atoms with Crippen LogP contribution in [-0.4, -0.2) is 9.55 Å². The first-order chi connectivity index (χ1) is 20.3. The number of hydrogen-bond donors (Lipinski definition) is 0. The van der Waals surface area contributed by atoms with Crippen LogP contribution >= 0.6 is 0 Å². The second-order valence-electron chi connectivity index (χ2n) is 11.7. The van der Waals surface area contributed by atoms with Crippen molar-refractivity contribution in [3.8, 4) is 17.3 Å². The first kappa shape index (κ1) is 28.8. The van der Waals surface area contributed by atoms with E-state index in [4.69, 9.17) is 4.74 Å². The molecular formula is C37H31N4OPt-3. The molecule has 0 aliphatic carbocycles. The van der Waals surface area contributed by atoms with Crippen molar-refractivity contribution in [2.45, 2.75) is 33.1 Å².